The van der Waals surface area contributed by atoms with Crippen LogP contribution in [0.25, 0.3) is 44.4 Å². The number of nitrogens with zero attached hydrogens (tertiary/aromatic N) is 4. The van der Waals surface area contributed by atoms with Crippen molar-refractivity contribution in [3.05, 3.63) is 119 Å². The van der Waals surface area contributed by atoms with Crippen molar-refractivity contribution in [2.24, 2.45) is 0 Å². The molecule has 0 radical (unpaired) electrons. The van der Waals surface area contributed by atoms with Crippen molar-refractivity contribution in [2.45, 2.75) is 48.5 Å². The number of rotatable bonds is 9. The fourth-order valence-electron chi connectivity index (χ4n) is 6.59. The van der Waals surface area contributed by atoms with E-state index in [4.69, 9.17) is 24.3 Å². The summed E-state index contributed by atoms with van der Waals surface area (Å²) in [6.45, 7) is 15.6. The lowest BCUT2D eigenvalue weighted by molar-refractivity contribution is 0.316. The number of hydrogen-bond donors (Lipinski definition) is 0. The zero-order valence-corrected chi connectivity index (χ0v) is 28.6. The molecule has 0 spiro atoms. The Kier molecular flexibility index (Phi) is 8.13. The van der Waals surface area contributed by atoms with E-state index in [-0.39, 0.29) is 0 Å². The molecule has 0 aliphatic carbocycles. The van der Waals surface area contributed by atoms with Gasteiger partial charge < -0.3 is 14.2 Å². The van der Waals surface area contributed by atoms with Crippen LogP contribution in [0.5, 0.6) is 23.3 Å². The summed E-state index contributed by atoms with van der Waals surface area (Å²) in [5.41, 5.74) is 10.9. The Hall–Kier alpha value is -5.56. The molecular formula is C41H40N4O3. The van der Waals surface area contributed by atoms with E-state index in [9.17, 15) is 0 Å². The number of ether oxygens (including phenoxy) is 3. The van der Waals surface area contributed by atoms with Gasteiger partial charge in [0.05, 0.1) is 29.9 Å². The first-order chi connectivity index (χ1) is 23.3. The summed E-state index contributed by atoms with van der Waals surface area (Å²) in [7, 11) is 0. The van der Waals surface area contributed by atoms with Crippen LogP contribution in [0.15, 0.2) is 91.1 Å². The Morgan fingerprint density at radius 2 is 1.38 bits per heavy atom. The minimum Gasteiger partial charge on any atom is -0.477 e. The average molecular weight is 637 g/mol. The summed E-state index contributed by atoms with van der Waals surface area (Å²) in [6, 6.07) is 28.9. The number of pyridine rings is 1. The largest absolute Gasteiger partial charge is 0.477 e. The predicted molar refractivity (Wildman–Crippen MR) is 194 cm³/mol. The average Bonchev–Trinajstić information content (AvgIpc) is 3.59. The highest BCUT2D eigenvalue weighted by atomic mass is 16.5. The summed E-state index contributed by atoms with van der Waals surface area (Å²) in [5.74, 6) is 3.47. The maximum atomic E-state index is 6.55. The molecule has 0 bridgehead atoms. The molecule has 7 aromatic rings. The first-order valence-corrected chi connectivity index (χ1v) is 16.5. The van der Waals surface area contributed by atoms with Gasteiger partial charge in [0.1, 0.15) is 22.9 Å². The molecule has 242 valence electrons. The Morgan fingerprint density at radius 3 is 2.12 bits per heavy atom. The lowest BCUT2D eigenvalue weighted by Crippen LogP contribution is -2.04. The first kappa shape index (κ1) is 31.1. The second-order valence-corrected chi connectivity index (χ2v) is 12.2. The smallest absolute Gasteiger partial charge is 0.245 e. The standard InChI is InChI=1S/C41H40N4O3/c1-8-46-40-39(38-28(6)26(4)22-27(5)29(38)7)41(47-9-2)45(43-40)30-13-12-14-31(23-30)48-32-17-18-34-33-15-10-11-16-35(33)44(36(34)24-32)37-21-25(3)19-20-42-37/h10-24H,8-9H2,1-7H3. The van der Waals surface area contributed by atoms with Gasteiger partial charge in [-0.2, -0.15) is 4.68 Å². The molecule has 0 saturated carbocycles. The van der Waals surface area contributed by atoms with Gasteiger partial charge in [-0.1, -0.05) is 30.3 Å². The number of aryl methyl sites for hydroxylation is 3. The molecule has 0 atom stereocenters. The first-order valence-electron chi connectivity index (χ1n) is 16.5. The predicted octanol–water partition coefficient (Wildman–Crippen LogP) is 10.2. The number of para-hydroxylation sites is 1. The fraction of sp³-hybridized carbons (Fsp3) is 0.220. The zero-order valence-electron chi connectivity index (χ0n) is 28.6. The lowest BCUT2D eigenvalue weighted by Gasteiger charge is -2.17. The third-order valence-electron chi connectivity index (χ3n) is 9.06. The van der Waals surface area contributed by atoms with Crippen molar-refractivity contribution in [3.63, 3.8) is 0 Å². The number of hydrogen-bond acceptors (Lipinski definition) is 5. The molecule has 0 unspecified atom stereocenters. The van der Waals surface area contributed by atoms with Crippen molar-refractivity contribution in [2.75, 3.05) is 13.2 Å². The van der Waals surface area contributed by atoms with Gasteiger partial charge in [0.2, 0.25) is 11.8 Å². The molecule has 48 heavy (non-hydrogen) atoms. The van der Waals surface area contributed by atoms with E-state index in [0.717, 1.165) is 50.4 Å². The van der Waals surface area contributed by atoms with Crippen LogP contribution in [-0.4, -0.2) is 32.5 Å². The maximum absolute atomic E-state index is 6.55. The normalized spacial score (nSPS) is 11.4. The van der Waals surface area contributed by atoms with Crippen LogP contribution < -0.4 is 14.2 Å². The number of aromatic nitrogens is 4. The maximum Gasteiger partial charge on any atom is 0.245 e. The van der Waals surface area contributed by atoms with Crippen LogP contribution in [0.4, 0.5) is 0 Å². The minimum absolute atomic E-state index is 0.479. The van der Waals surface area contributed by atoms with Crippen molar-refractivity contribution >= 4 is 21.8 Å². The van der Waals surface area contributed by atoms with Gasteiger partial charge in [-0.15, -0.1) is 5.10 Å². The van der Waals surface area contributed by atoms with Crippen LogP contribution in [0.2, 0.25) is 0 Å². The monoisotopic (exact) mass is 636 g/mol. The van der Waals surface area contributed by atoms with Crippen molar-refractivity contribution in [1.82, 2.24) is 19.3 Å². The Morgan fingerprint density at radius 1 is 0.646 bits per heavy atom. The van der Waals surface area contributed by atoms with Gasteiger partial charge in [0.15, 0.2) is 0 Å². The molecule has 0 amide bonds. The second-order valence-electron chi connectivity index (χ2n) is 12.2. The van der Waals surface area contributed by atoms with Gasteiger partial charge in [-0.25, -0.2) is 4.98 Å². The Labute approximate surface area is 281 Å². The van der Waals surface area contributed by atoms with E-state index in [1.54, 1.807) is 0 Å². The highest BCUT2D eigenvalue weighted by molar-refractivity contribution is 6.09. The van der Waals surface area contributed by atoms with E-state index in [1.165, 1.54) is 27.6 Å². The highest BCUT2D eigenvalue weighted by Crippen LogP contribution is 2.45. The molecule has 0 N–H and O–H groups in total. The number of benzene rings is 4. The molecule has 3 heterocycles. The van der Waals surface area contributed by atoms with Crippen LogP contribution in [-0.2, 0) is 0 Å². The van der Waals surface area contributed by atoms with Gasteiger partial charge in [-0.05, 0) is 124 Å². The summed E-state index contributed by atoms with van der Waals surface area (Å²) >= 11 is 0. The van der Waals surface area contributed by atoms with Crippen molar-refractivity contribution in [3.8, 4) is 45.9 Å². The Balaban J connectivity index is 1.33. The minimum atomic E-state index is 0.479. The van der Waals surface area contributed by atoms with E-state index in [0.29, 0.717) is 30.7 Å². The van der Waals surface area contributed by atoms with Gasteiger partial charge in [0.25, 0.3) is 0 Å². The van der Waals surface area contributed by atoms with E-state index in [1.807, 2.05) is 61.1 Å². The highest BCUT2D eigenvalue weighted by Gasteiger charge is 2.27. The van der Waals surface area contributed by atoms with Crippen LogP contribution in [0, 0.1) is 34.6 Å². The third kappa shape index (κ3) is 5.35. The van der Waals surface area contributed by atoms with Gasteiger partial charge in [0, 0.05) is 29.1 Å². The topological polar surface area (TPSA) is 63.3 Å². The quantitative estimate of drug-likeness (QED) is 0.158. The van der Waals surface area contributed by atoms with Crippen molar-refractivity contribution < 1.29 is 14.2 Å². The summed E-state index contributed by atoms with van der Waals surface area (Å²) in [5, 5.41) is 7.28. The van der Waals surface area contributed by atoms with Gasteiger partial charge in [-0.3, -0.25) is 4.57 Å². The molecular weight excluding hydrogens is 596 g/mol. The molecule has 3 aromatic heterocycles. The molecule has 7 nitrogen and oxygen atoms in total. The van der Waals surface area contributed by atoms with Crippen LogP contribution >= 0.6 is 0 Å². The molecule has 7 heteroatoms. The number of fused-ring (bicyclic) bond motifs is 3. The molecule has 4 aromatic carbocycles. The van der Waals surface area contributed by atoms with Crippen LogP contribution in [0.1, 0.15) is 41.7 Å². The fourth-order valence-corrected chi connectivity index (χ4v) is 6.59. The Bertz CT molecular complexity index is 2290. The molecule has 0 aliphatic heterocycles. The van der Waals surface area contributed by atoms with Gasteiger partial charge >= 0.3 is 0 Å². The van der Waals surface area contributed by atoms with Crippen molar-refractivity contribution in [1.29, 1.82) is 0 Å². The lowest BCUT2D eigenvalue weighted by atomic mass is 9.90. The summed E-state index contributed by atoms with van der Waals surface area (Å²) < 4.78 is 23.1. The van der Waals surface area contributed by atoms with Crippen LogP contribution in [0.3, 0.4) is 0 Å². The molecule has 0 saturated heterocycles. The summed E-state index contributed by atoms with van der Waals surface area (Å²) in [4.78, 5) is 4.72. The van der Waals surface area contributed by atoms with E-state index >= 15 is 0 Å². The van der Waals surface area contributed by atoms with E-state index in [2.05, 4.69) is 87.7 Å². The zero-order chi connectivity index (χ0) is 33.5. The van der Waals surface area contributed by atoms with E-state index < -0.39 is 0 Å². The SMILES string of the molecule is CCOc1nn(-c2cccc(Oc3ccc4c5ccccc5n(-c5cc(C)ccn5)c4c3)c2)c(OCC)c1-c1c(C)c(C)cc(C)c1C. The second kappa shape index (κ2) is 12.6. The third-order valence-corrected chi connectivity index (χ3v) is 9.06. The molecule has 0 fully saturated rings. The molecule has 0 aliphatic rings. The summed E-state index contributed by atoms with van der Waals surface area (Å²) in [6.07, 6.45) is 1.86. The molecule has 7 rings (SSSR count).